The van der Waals surface area contributed by atoms with Crippen LogP contribution < -0.4 is 11.1 Å². The Morgan fingerprint density at radius 2 is 2.44 bits per heavy atom. The van der Waals surface area contributed by atoms with Gasteiger partial charge in [-0.25, -0.2) is 4.98 Å². The minimum absolute atomic E-state index is 0.0993. The van der Waals surface area contributed by atoms with Gasteiger partial charge in [0.15, 0.2) is 5.82 Å². The van der Waals surface area contributed by atoms with Crippen LogP contribution in [0.5, 0.6) is 0 Å². The number of aromatic nitrogens is 3. The summed E-state index contributed by atoms with van der Waals surface area (Å²) in [6.45, 7) is 2.53. The molecular weight excluding hydrogens is 206 g/mol. The van der Waals surface area contributed by atoms with E-state index < -0.39 is 6.04 Å². The molecule has 0 unspecified atom stereocenters. The van der Waals surface area contributed by atoms with Gasteiger partial charge in [-0.05, 0) is 6.42 Å². The van der Waals surface area contributed by atoms with Crippen LogP contribution in [0.3, 0.4) is 0 Å². The zero-order valence-electron chi connectivity index (χ0n) is 9.81. The summed E-state index contributed by atoms with van der Waals surface area (Å²) in [5.74, 6) is 0.629. The van der Waals surface area contributed by atoms with Crippen LogP contribution in [0, 0.1) is 0 Å². The monoisotopic (exact) mass is 225 g/mol. The van der Waals surface area contributed by atoms with E-state index in [1.165, 1.54) is 0 Å². The first-order chi connectivity index (χ1) is 7.63. The van der Waals surface area contributed by atoms with Gasteiger partial charge >= 0.3 is 0 Å². The number of rotatable bonds is 6. The summed E-state index contributed by atoms with van der Waals surface area (Å²) in [5, 5.41) is 6.88. The van der Waals surface area contributed by atoms with Crippen LogP contribution >= 0.6 is 0 Å². The highest BCUT2D eigenvalue weighted by atomic mass is 16.2. The molecule has 0 aromatic carbocycles. The van der Waals surface area contributed by atoms with Gasteiger partial charge in [-0.2, -0.15) is 5.10 Å². The van der Waals surface area contributed by atoms with Crippen molar-refractivity contribution >= 4 is 5.91 Å². The van der Waals surface area contributed by atoms with E-state index in [-0.39, 0.29) is 5.91 Å². The molecule has 6 nitrogen and oxygen atoms in total. The lowest BCUT2D eigenvalue weighted by Crippen LogP contribution is -2.41. The molecule has 0 radical (unpaired) electrons. The number of nitrogens with two attached hydrogens (primary N) is 1. The van der Waals surface area contributed by atoms with Gasteiger partial charge in [-0.3, -0.25) is 9.48 Å². The van der Waals surface area contributed by atoms with Gasteiger partial charge in [0.2, 0.25) is 5.91 Å². The number of nitrogens with zero attached hydrogens (tertiary/aromatic N) is 3. The molecule has 1 aromatic rings. The van der Waals surface area contributed by atoms with Crippen LogP contribution in [0.1, 0.15) is 25.6 Å². The number of hydrogen-bond donors (Lipinski definition) is 2. The van der Waals surface area contributed by atoms with E-state index in [1.807, 2.05) is 14.0 Å². The summed E-state index contributed by atoms with van der Waals surface area (Å²) in [6.07, 6.45) is 3.90. The predicted octanol–water partition coefficient (Wildman–Crippen LogP) is -0.399. The molecule has 1 rings (SSSR count). The van der Waals surface area contributed by atoms with Crippen LogP contribution in [0.15, 0.2) is 6.33 Å². The predicted molar refractivity (Wildman–Crippen MR) is 60.6 cm³/mol. The molecule has 1 amide bonds. The fraction of sp³-hybridized carbons (Fsp3) is 0.700. The van der Waals surface area contributed by atoms with Crippen molar-refractivity contribution in [3.8, 4) is 0 Å². The Kier molecular flexibility index (Phi) is 4.91. The van der Waals surface area contributed by atoms with Crippen LogP contribution in [0.2, 0.25) is 0 Å². The minimum Gasteiger partial charge on any atom is -0.354 e. The second-order valence-electron chi connectivity index (χ2n) is 3.77. The molecule has 0 aliphatic heterocycles. The summed E-state index contributed by atoms with van der Waals surface area (Å²) in [5.41, 5.74) is 5.66. The summed E-state index contributed by atoms with van der Waals surface area (Å²) in [7, 11) is 1.81. The van der Waals surface area contributed by atoms with E-state index in [1.54, 1.807) is 11.0 Å². The van der Waals surface area contributed by atoms with Gasteiger partial charge in [-0.1, -0.05) is 13.3 Å². The Hall–Kier alpha value is -1.43. The molecule has 0 fully saturated rings. The molecule has 16 heavy (non-hydrogen) atoms. The average Bonchev–Trinajstić information content (AvgIpc) is 2.64. The lowest BCUT2D eigenvalue weighted by atomic mass is 10.2. The summed E-state index contributed by atoms with van der Waals surface area (Å²) >= 11 is 0. The molecule has 0 bridgehead atoms. The number of aryl methyl sites for hydroxylation is 1. The van der Waals surface area contributed by atoms with Crippen molar-refractivity contribution in [3.05, 3.63) is 12.2 Å². The zero-order valence-corrected chi connectivity index (χ0v) is 9.81. The highest BCUT2D eigenvalue weighted by Crippen LogP contribution is 1.93. The van der Waals surface area contributed by atoms with Crippen molar-refractivity contribution in [1.82, 2.24) is 20.1 Å². The van der Waals surface area contributed by atoms with Crippen LogP contribution in [-0.2, 0) is 18.3 Å². The molecular formula is C10H19N5O. The molecule has 1 heterocycles. The van der Waals surface area contributed by atoms with Crippen molar-refractivity contribution in [1.29, 1.82) is 0 Å². The Balaban J connectivity index is 2.22. The largest absolute Gasteiger partial charge is 0.354 e. The first-order valence-electron chi connectivity index (χ1n) is 5.51. The Morgan fingerprint density at radius 3 is 3.00 bits per heavy atom. The molecule has 0 saturated carbocycles. The number of nitrogens with one attached hydrogen (secondary N) is 1. The van der Waals surface area contributed by atoms with Crippen LogP contribution in [-0.4, -0.2) is 33.3 Å². The second-order valence-corrected chi connectivity index (χ2v) is 3.77. The second kappa shape index (κ2) is 6.22. The van der Waals surface area contributed by atoms with Crippen LogP contribution in [0.4, 0.5) is 0 Å². The third-order valence-corrected chi connectivity index (χ3v) is 2.23. The SMILES string of the molecule is CCC[C@H](N)C(=O)NCCc1ncn(C)n1. The number of carbonyl (C=O) groups is 1. The smallest absolute Gasteiger partial charge is 0.236 e. The molecule has 0 saturated heterocycles. The minimum atomic E-state index is -0.401. The first kappa shape index (κ1) is 12.6. The van der Waals surface area contributed by atoms with Gasteiger partial charge in [0, 0.05) is 20.0 Å². The lowest BCUT2D eigenvalue weighted by Gasteiger charge is -2.10. The molecule has 0 aliphatic carbocycles. The van der Waals surface area contributed by atoms with E-state index in [0.717, 1.165) is 12.2 Å². The maximum Gasteiger partial charge on any atom is 0.236 e. The van der Waals surface area contributed by atoms with E-state index in [9.17, 15) is 4.79 Å². The van der Waals surface area contributed by atoms with Crippen molar-refractivity contribution in [2.45, 2.75) is 32.2 Å². The molecule has 1 aromatic heterocycles. The third kappa shape index (κ3) is 3.98. The Labute approximate surface area is 95.2 Å². The van der Waals surface area contributed by atoms with E-state index in [0.29, 0.717) is 19.4 Å². The highest BCUT2D eigenvalue weighted by Gasteiger charge is 2.11. The fourth-order valence-corrected chi connectivity index (χ4v) is 1.37. The number of amides is 1. The zero-order chi connectivity index (χ0) is 12.0. The number of hydrogen-bond acceptors (Lipinski definition) is 4. The average molecular weight is 225 g/mol. The Morgan fingerprint density at radius 1 is 1.69 bits per heavy atom. The summed E-state index contributed by atoms with van der Waals surface area (Å²) in [4.78, 5) is 15.5. The summed E-state index contributed by atoms with van der Waals surface area (Å²) < 4.78 is 1.64. The van der Waals surface area contributed by atoms with Gasteiger partial charge in [-0.15, -0.1) is 0 Å². The fourth-order valence-electron chi connectivity index (χ4n) is 1.37. The van der Waals surface area contributed by atoms with Gasteiger partial charge in [0.25, 0.3) is 0 Å². The van der Waals surface area contributed by atoms with Crippen LogP contribution in [0.25, 0.3) is 0 Å². The number of carbonyl (C=O) groups excluding carboxylic acids is 1. The molecule has 0 aliphatic rings. The van der Waals surface area contributed by atoms with Crippen molar-refractivity contribution < 1.29 is 4.79 Å². The van der Waals surface area contributed by atoms with Crippen molar-refractivity contribution in [2.24, 2.45) is 12.8 Å². The molecule has 6 heteroatoms. The van der Waals surface area contributed by atoms with Crippen molar-refractivity contribution in [2.75, 3.05) is 6.54 Å². The summed E-state index contributed by atoms with van der Waals surface area (Å²) in [6, 6.07) is -0.401. The topological polar surface area (TPSA) is 85.8 Å². The first-order valence-corrected chi connectivity index (χ1v) is 5.51. The molecule has 3 N–H and O–H groups in total. The van der Waals surface area contributed by atoms with Gasteiger partial charge < -0.3 is 11.1 Å². The van der Waals surface area contributed by atoms with Gasteiger partial charge in [0.1, 0.15) is 6.33 Å². The molecule has 90 valence electrons. The quantitative estimate of drug-likeness (QED) is 0.690. The van der Waals surface area contributed by atoms with E-state index >= 15 is 0 Å². The Bertz CT molecular complexity index is 336. The molecule has 0 spiro atoms. The van der Waals surface area contributed by atoms with Gasteiger partial charge in [0.05, 0.1) is 6.04 Å². The van der Waals surface area contributed by atoms with E-state index in [4.69, 9.17) is 5.73 Å². The van der Waals surface area contributed by atoms with E-state index in [2.05, 4.69) is 15.4 Å². The van der Waals surface area contributed by atoms with Crippen molar-refractivity contribution in [3.63, 3.8) is 0 Å². The lowest BCUT2D eigenvalue weighted by molar-refractivity contribution is -0.122. The highest BCUT2D eigenvalue weighted by molar-refractivity contribution is 5.81. The third-order valence-electron chi connectivity index (χ3n) is 2.23. The normalized spacial score (nSPS) is 12.4. The molecule has 1 atom stereocenters. The maximum absolute atomic E-state index is 11.4. The standard InChI is InChI=1S/C10H19N5O/c1-3-4-8(11)10(16)12-6-5-9-13-7-15(2)14-9/h7-8H,3-6,11H2,1-2H3,(H,12,16)/t8-/m0/s1. The maximum atomic E-state index is 11.4.